The van der Waals surface area contributed by atoms with Gasteiger partial charge in [-0.15, -0.1) is 11.3 Å². The van der Waals surface area contributed by atoms with Gasteiger partial charge in [0.15, 0.2) is 0 Å². The van der Waals surface area contributed by atoms with Gasteiger partial charge in [0.05, 0.1) is 27.3 Å². The first kappa shape index (κ1) is 17.5. The lowest BCUT2D eigenvalue weighted by Crippen LogP contribution is -2.42. The molecule has 2 aromatic heterocycles. The molecule has 0 aliphatic heterocycles. The van der Waals surface area contributed by atoms with E-state index in [-0.39, 0.29) is 18.6 Å². The molecular weight excluding hydrogens is 412 g/mol. The highest BCUT2D eigenvalue weighted by Gasteiger charge is 2.40. The minimum atomic E-state index is -0.401. The number of fused-ring (bicyclic) bond motifs is 1. The van der Waals surface area contributed by atoms with Crippen molar-refractivity contribution in [1.29, 1.82) is 0 Å². The van der Waals surface area contributed by atoms with E-state index in [0.29, 0.717) is 5.69 Å². The molecule has 2 heterocycles. The van der Waals surface area contributed by atoms with E-state index in [4.69, 9.17) is 0 Å². The third-order valence-corrected chi connectivity index (χ3v) is 6.96. The Labute approximate surface area is 164 Å². The quantitative estimate of drug-likeness (QED) is 0.509. The normalized spacial score (nSPS) is 16.8. The summed E-state index contributed by atoms with van der Waals surface area (Å²) in [6.07, 6.45) is 5.66. The number of nitrogens with one attached hydrogen (secondary N) is 2. The van der Waals surface area contributed by atoms with Crippen LogP contribution in [0.4, 0.5) is 0 Å². The molecule has 0 fully saturated rings. The number of carbonyl (C=O) groups is 1. The SMILES string of the molecule is O=C(NC(c1ccccc1)C1(CO)CC=CC1)c1cc2scc(Br)c2[nH]1. The molecule has 0 bridgehead atoms. The van der Waals surface area contributed by atoms with Crippen LogP contribution in [-0.2, 0) is 0 Å². The van der Waals surface area contributed by atoms with Crippen molar-refractivity contribution >= 4 is 43.4 Å². The number of allylic oxidation sites excluding steroid dienone is 2. The Kier molecular flexibility index (Phi) is 4.73. The maximum absolute atomic E-state index is 13.0. The zero-order valence-corrected chi connectivity index (χ0v) is 16.4. The van der Waals surface area contributed by atoms with Gasteiger partial charge >= 0.3 is 0 Å². The average molecular weight is 431 g/mol. The summed E-state index contributed by atoms with van der Waals surface area (Å²) in [5, 5.41) is 15.3. The summed E-state index contributed by atoms with van der Waals surface area (Å²) in [7, 11) is 0. The number of hydrogen-bond donors (Lipinski definition) is 3. The number of aliphatic hydroxyl groups is 1. The van der Waals surface area contributed by atoms with E-state index < -0.39 is 5.41 Å². The van der Waals surface area contributed by atoms with Crippen LogP contribution in [0.3, 0.4) is 0 Å². The fourth-order valence-electron chi connectivity index (χ4n) is 3.62. The number of rotatable bonds is 5. The van der Waals surface area contributed by atoms with Crippen LogP contribution in [0.1, 0.15) is 34.9 Å². The first-order chi connectivity index (χ1) is 12.6. The number of carbonyl (C=O) groups excluding carboxylic acids is 1. The number of aromatic amines is 1. The first-order valence-electron chi connectivity index (χ1n) is 8.50. The summed E-state index contributed by atoms with van der Waals surface area (Å²) < 4.78 is 2.00. The van der Waals surface area contributed by atoms with Crippen molar-refractivity contribution in [2.24, 2.45) is 5.41 Å². The van der Waals surface area contributed by atoms with Crippen molar-refractivity contribution in [1.82, 2.24) is 10.3 Å². The van der Waals surface area contributed by atoms with Crippen molar-refractivity contribution < 1.29 is 9.90 Å². The van der Waals surface area contributed by atoms with Crippen LogP contribution in [0.15, 0.2) is 58.4 Å². The van der Waals surface area contributed by atoms with Crippen molar-refractivity contribution in [3.63, 3.8) is 0 Å². The summed E-state index contributed by atoms with van der Waals surface area (Å²) in [4.78, 5) is 16.2. The van der Waals surface area contributed by atoms with Crippen molar-refractivity contribution in [3.8, 4) is 0 Å². The summed E-state index contributed by atoms with van der Waals surface area (Å²) in [6.45, 7) is 0.0191. The number of halogens is 1. The van der Waals surface area contributed by atoms with Crippen LogP contribution in [0, 0.1) is 5.41 Å². The fraction of sp³-hybridized carbons (Fsp3) is 0.250. The van der Waals surface area contributed by atoms with Crippen molar-refractivity contribution in [2.75, 3.05) is 6.61 Å². The molecule has 1 atom stereocenters. The Bertz CT molecular complexity index is 953. The van der Waals surface area contributed by atoms with Crippen LogP contribution < -0.4 is 5.32 Å². The van der Waals surface area contributed by atoms with Crippen LogP contribution in [0.5, 0.6) is 0 Å². The molecule has 1 unspecified atom stereocenters. The van der Waals surface area contributed by atoms with Gasteiger partial charge in [-0.1, -0.05) is 42.5 Å². The topological polar surface area (TPSA) is 65.1 Å². The van der Waals surface area contributed by atoms with Gasteiger partial charge in [-0.3, -0.25) is 4.79 Å². The van der Waals surface area contributed by atoms with E-state index in [1.807, 2.05) is 41.8 Å². The number of H-pyrrole nitrogens is 1. The fourth-order valence-corrected chi connectivity index (χ4v) is 5.16. The molecule has 0 radical (unpaired) electrons. The second kappa shape index (κ2) is 7.02. The molecule has 1 aromatic carbocycles. The largest absolute Gasteiger partial charge is 0.396 e. The summed E-state index contributed by atoms with van der Waals surface area (Å²) in [6, 6.07) is 11.5. The van der Waals surface area contributed by atoms with Gasteiger partial charge in [-0.05, 0) is 40.4 Å². The van der Waals surface area contributed by atoms with E-state index in [1.165, 1.54) is 0 Å². The predicted octanol–water partition coefficient (Wildman–Crippen LogP) is 4.79. The molecule has 6 heteroatoms. The highest BCUT2D eigenvalue weighted by molar-refractivity contribution is 9.10. The maximum Gasteiger partial charge on any atom is 0.268 e. The molecule has 1 aliphatic carbocycles. The lowest BCUT2D eigenvalue weighted by molar-refractivity contribution is 0.0723. The predicted molar refractivity (Wildman–Crippen MR) is 108 cm³/mol. The number of hydrogen-bond acceptors (Lipinski definition) is 3. The molecule has 1 aliphatic rings. The van der Waals surface area contributed by atoms with E-state index >= 15 is 0 Å². The van der Waals surface area contributed by atoms with Gasteiger partial charge in [-0.25, -0.2) is 0 Å². The minimum absolute atomic E-state index is 0.0191. The molecule has 0 spiro atoms. The molecule has 3 N–H and O–H groups in total. The second-order valence-electron chi connectivity index (χ2n) is 6.72. The van der Waals surface area contributed by atoms with Gasteiger partial charge in [0.1, 0.15) is 5.69 Å². The number of benzene rings is 1. The molecule has 0 saturated carbocycles. The third kappa shape index (κ3) is 3.02. The van der Waals surface area contributed by atoms with E-state index in [0.717, 1.165) is 33.1 Å². The van der Waals surface area contributed by atoms with E-state index in [1.54, 1.807) is 11.3 Å². The molecule has 26 heavy (non-hydrogen) atoms. The van der Waals surface area contributed by atoms with Crippen molar-refractivity contribution in [3.05, 3.63) is 69.7 Å². The van der Waals surface area contributed by atoms with Crippen LogP contribution in [0.2, 0.25) is 0 Å². The monoisotopic (exact) mass is 430 g/mol. The highest BCUT2D eigenvalue weighted by Crippen LogP contribution is 2.44. The zero-order chi connectivity index (χ0) is 18.1. The van der Waals surface area contributed by atoms with Crippen LogP contribution in [0.25, 0.3) is 10.2 Å². The Morgan fingerprint density at radius 1 is 1.31 bits per heavy atom. The van der Waals surface area contributed by atoms with E-state index in [9.17, 15) is 9.90 Å². The number of aromatic nitrogens is 1. The number of amides is 1. The molecular formula is C20H19BrN2O2S. The van der Waals surface area contributed by atoms with E-state index in [2.05, 4.69) is 38.4 Å². The minimum Gasteiger partial charge on any atom is -0.396 e. The molecule has 0 saturated heterocycles. The van der Waals surface area contributed by atoms with Crippen molar-refractivity contribution in [2.45, 2.75) is 18.9 Å². The molecule has 134 valence electrons. The number of aliphatic hydroxyl groups excluding tert-OH is 1. The lowest BCUT2D eigenvalue weighted by Gasteiger charge is -2.37. The molecule has 3 aromatic rings. The first-order valence-corrected chi connectivity index (χ1v) is 10.2. The second-order valence-corrected chi connectivity index (χ2v) is 8.49. The zero-order valence-electron chi connectivity index (χ0n) is 14.0. The summed E-state index contributed by atoms with van der Waals surface area (Å²) in [5.41, 5.74) is 2.08. The highest BCUT2D eigenvalue weighted by atomic mass is 79.9. The van der Waals surface area contributed by atoms with Gasteiger partial charge in [0, 0.05) is 10.8 Å². The Balaban J connectivity index is 1.67. The maximum atomic E-state index is 13.0. The lowest BCUT2D eigenvalue weighted by atomic mass is 9.75. The molecule has 1 amide bonds. The summed E-state index contributed by atoms with van der Waals surface area (Å²) >= 11 is 5.09. The van der Waals surface area contributed by atoms with Gasteiger partial charge in [0.2, 0.25) is 0 Å². The number of thiophene rings is 1. The third-order valence-electron chi connectivity index (χ3n) is 5.11. The van der Waals surface area contributed by atoms with Gasteiger partial charge in [-0.2, -0.15) is 0 Å². The standard InChI is InChI=1S/C20H19BrN2O2S/c21-14-11-26-16-10-15(22-17(14)16)19(25)23-18(13-6-2-1-3-7-13)20(12-24)8-4-5-9-20/h1-7,10-11,18,22,24H,8-9,12H2,(H,23,25). The van der Waals surface area contributed by atoms with Crippen LogP contribution >= 0.6 is 27.3 Å². The van der Waals surface area contributed by atoms with Crippen LogP contribution in [-0.4, -0.2) is 22.6 Å². The van der Waals surface area contributed by atoms with Gasteiger partial charge in [0.25, 0.3) is 5.91 Å². The average Bonchev–Trinajstić information content (AvgIpc) is 3.38. The summed E-state index contributed by atoms with van der Waals surface area (Å²) in [5.74, 6) is -0.158. The Morgan fingerprint density at radius 3 is 2.69 bits per heavy atom. The Hall–Kier alpha value is -1.89. The van der Waals surface area contributed by atoms with Gasteiger partial charge < -0.3 is 15.4 Å². The Morgan fingerprint density at radius 2 is 2.04 bits per heavy atom. The molecule has 4 nitrogen and oxygen atoms in total. The molecule has 4 rings (SSSR count). The smallest absolute Gasteiger partial charge is 0.268 e.